The zero-order chi connectivity index (χ0) is 48.7. The predicted octanol–water partition coefficient (Wildman–Crippen LogP) is 14.0. The molecule has 1 fully saturated rings. The second kappa shape index (κ2) is 47.8. The molecule has 0 bridgehead atoms. The Morgan fingerprint density at radius 2 is 0.791 bits per heavy atom. The Labute approximate surface area is 411 Å². The molecule has 10 nitrogen and oxygen atoms in total. The van der Waals surface area contributed by atoms with E-state index in [1.54, 1.807) is 0 Å². The highest BCUT2D eigenvalue weighted by molar-refractivity contribution is 5.70. The van der Waals surface area contributed by atoms with Crippen LogP contribution in [0.5, 0.6) is 0 Å². The number of unbranched alkanes of at least 4 members (excludes halogenated alkanes) is 34. The first-order valence-electron chi connectivity index (χ1n) is 28.4. The van der Waals surface area contributed by atoms with Gasteiger partial charge in [0, 0.05) is 12.8 Å². The van der Waals surface area contributed by atoms with Gasteiger partial charge in [0.2, 0.25) is 0 Å². The summed E-state index contributed by atoms with van der Waals surface area (Å²) in [4.78, 5) is 25.5. The second-order valence-corrected chi connectivity index (χ2v) is 19.7. The molecule has 1 heterocycles. The Morgan fingerprint density at radius 1 is 0.448 bits per heavy atom. The van der Waals surface area contributed by atoms with Gasteiger partial charge in [-0.25, -0.2) is 0 Å². The van der Waals surface area contributed by atoms with Crippen LogP contribution in [0.15, 0.2) is 24.3 Å². The van der Waals surface area contributed by atoms with Crippen molar-refractivity contribution < 1.29 is 49.0 Å². The standard InChI is InChI=1S/C57H106O10/c1-3-5-7-9-11-13-15-17-19-21-23-25-27-29-31-33-35-37-39-41-43-45-52(59)64-48-50(49-65-57-56(63)55(62)54(61)51(47-58)67-57)66-53(60)46-44-42-40-38-36-34-32-30-28-26-24-22-20-18-16-14-12-10-8-6-4-2/h21-24,50-51,54-58,61-63H,3-20,25-49H2,1-2H3/b23-21-,24-22-. The first-order chi connectivity index (χ1) is 32.8. The van der Waals surface area contributed by atoms with Gasteiger partial charge in [-0.05, 0) is 64.2 Å². The molecule has 1 rings (SSSR count). The van der Waals surface area contributed by atoms with Crippen molar-refractivity contribution in [2.75, 3.05) is 19.8 Å². The minimum atomic E-state index is -1.59. The monoisotopic (exact) mass is 951 g/mol. The minimum Gasteiger partial charge on any atom is -0.462 e. The number of carbonyl (C=O) groups is 2. The van der Waals surface area contributed by atoms with Crippen molar-refractivity contribution in [2.24, 2.45) is 0 Å². The number of carbonyl (C=O) groups excluding carboxylic acids is 2. The lowest BCUT2D eigenvalue weighted by Gasteiger charge is -2.39. The summed E-state index contributed by atoms with van der Waals surface area (Å²) in [5.74, 6) is -0.798. The van der Waals surface area contributed by atoms with Crippen molar-refractivity contribution in [3.63, 3.8) is 0 Å². The van der Waals surface area contributed by atoms with Gasteiger partial charge in [0.05, 0.1) is 13.2 Å². The van der Waals surface area contributed by atoms with E-state index < -0.39 is 49.4 Å². The molecule has 0 saturated carbocycles. The molecule has 6 unspecified atom stereocenters. The fraction of sp³-hybridized carbons (Fsp3) is 0.895. The van der Waals surface area contributed by atoms with Crippen molar-refractivity contribution in [3.8, 4) is 0 Å². The van der Waals surface area contributed by atoms with E-state index in [0.29, 0.717) is 6.42 Å². The van der Waals surface area contributed by atoms with E-state index in [0.717, 1.165) is 38.5 Å². The summed E-state index contributed by atoms with van der Waals surface area (Å²) in [5, 5.41) is 40.3. The maximum Gasteiger partial charge on any atom is 0.306 e. The first kappa shape index (κ1) is 63.2. The second-order valence-electron chi connectivity index (χ2n) is 19.7. The average molecular weight is 951 g/mol. The van der Waals surface area contributed by atoms with Crippen molar-refractivity contribution in [2.45, 2.75) is 307 Å². The maximum atomic E-state index is 12.9. The molecule has 1 aliphatic heterocycles. The zero-order valence-corrected chi connectivity index (χ0v) is 43.4. The lowest BCUT2D eigenvalue weighted by atomic mass is 9.99. The van der Waals surface area contributed by atoms with Crippen LogP contribution in [0.25, 0.3) is 0 Å². The molecule has 0 aliphatic carbocycles. The van der Waals surface area contributed by atoms with Gasteiger partial charge in [-0.3, -0.25) is 9.59 Å². The number of hydrogen-bond acceptors (Lipinski definition) is 10. The van der Waals surface area contributed by atoms with Crippen LogP contribution in [0.3, 0.4) is 0 Å². The third-order valence-electron chi connectivity index (χ3n) is 13.3. The highest BCUT2D eigenvalue weighted by Gasteiger charge is 2.44. The predicted molar refractivity (Wildman–Crippen MR) is 275 cm³/mol. The van der Waals surface area contributed by atoms with Crippen LogP contribution in [0.4, 0.5) is 0 Å². The molecule has 0 radical (unpaired) electrons. The third kappa shape index (κ3) is 38.6. The van der Waals surface area contributed by atoms with E-state index in [4.69, 9.17) is 18.9 Å². The smallest absolute Gasteiger partial charge is 0.306 e. The lowest BCUT2D eigenvalue weighted by molar-refractivity contribution is -0.305. The molecule has 394 valence electrons. The highest BCUT2D eigenvalue weighted by atomic mass is 16.7. The summed E-state index contributed by atoms with van der Waals surface area (Å²) in [6.45, 7) is 3.47. The number of allylic oxidation sites excluding steroid dienone is 4. The van der Waals surface area contributed by atoms with Crippen LogP contribution in [0, 0.1) is 0 Å². The van der Waals surface area contributed by atoms with Crippen molar-refractivity contribution in [1.82, 2.24) is 0 Å². The van der Waals surface area contributed by atoms with E-state index in [-0.39, 0.29) is 32.0 Å². The molecule has 1 aliphatic rings. The van der Waals surface area contributed by atoms with Gasteiger partial charge < -0.3 is 39.4 Å². The van der Waals surface area contributed by atoms with E-state index in [9.17, 15) is 30.0 Å². The number of ether oxygens (including phenoxy) is 4. The van der Waals surface area contributed by atoms with Crippen LogP contribution >= 0.6 is 0 Å². The number of esters is 2. The summed E-state index contributed by atoms with van der Waals surface area (Å²) in [6.07, 6.45) is 49.0. The van der Waals surface area contributed by atoms with E-state index >= 15 is 0 Å². The van der Waals surface area contributed by atoms with Crippen LogP contribution < -0.4 is 0 Å². The molecule has 0 aromatic rings. The van der Waals surface area contributed by atoms with Crippen LogP contribution in [0.2, 0.25) is 0 Å². The van der Waals surface area contributed by atoms with E-state index in [2.05, 4.69) is 38.2 Å². The van der Waals surface area contributed by atoms with Gasteiger partial charge in [-0.2, -0.15) is 0 Å². The van der Waals surface area contributed by atoms with Crippen molar-refractivity contribution >= 4 is 11.9 Å². The van der Waals surface area contributed by atoms with Crippen molar-refractivity contribution in [3.05, 3.63) is 24.3 Å². The molecule has 10 heteroatoms. The SMILES string of the molecule is CCCCCCCCCC/C=C\CCCCCCCCCCCC(=O)OCC(COC1OC(CO)C(O)C(O)C1O)OC(=O)CCCCCCCCCCC/C=C\CCCCCCCCCC. The average Bonchev–Trinajstić information content (AvgIpc) is 3.33. The Bertz CT molecular complexity index is 1140. The summed E-state index contributed by atoms with van der Waals surface area (Å²) in [7, 11) is 0. The van der Waals surface area contributed by atoms with E-state index in [1.807, 2.05) is 0 Å². The molecular weight excluding hydrogens is 845 g/mol. The van der Waals surface area contributed by atoms with Gasteiger partial charge in [0.25, 0.3) is 0 Å². The molecule has 4 N–H and O–H groups in total. The Morgan fingerprint density at radius 3 is 1.16 bits per heavy atom. The van der Waals surface area contributed by atoms with Crippen molar-refractivity contribution in [1.29, 1.82) is 0 Å². The zero-order valence-electron chi connectivity index (χ0n) is 43.4. The normalized spacial score (nSPS) is 19.2. The fourth-order valence-electron chi connectivity index (χ4n) is 8.83. The topological polar surface area (TPSA) is 152 Å². The molecule has 1 saturated heterocycles. The summed E-state index contributed by atoms with van der Waals surface area (Å²) < 4.78 is 22.3. The van der Waals surface area contributed by atoms with Gasteiger partial charge in [-0.1, -0.05) is 218 Å². The summed E-state index contributed by atoms with van der Waals surface area (Å²) >= 11 is 0. The van der Waals surface area contributed by atoms with E-state index in [1.165, 1.54) is 199 Å². The Kier molecular flexibility index (Phi) is 45.1. The highest BCUT2D eigenvalue weighted by Crippen LogP contribution is 2.23. The molecular formula is C57H106O10. The fourth-order valence-corrected chi connectivity index (χ4v) is 8.83. The number of hydrogen-bond donors (Lipinski definition) is 4. The first-order valence-corrected chi connectivity index (χ1v) is 28.4. The number of aliphatic hydroxyl groups excluding tert-OH is 4. The summed E-state index contributed by atoms with van der Waals surface area (Å²) in [6, 6.07) is 0. The molecule has 6 atom stereocenters. The number of rotatable bonds is 49. The Hall–Kier alpha value is -1.82. The van der Waals surface area contributed by atoms with Gasteiger partial charge in [0.15, 0.2) is 12.4 Å². The number of aliphatic hydroxyl groups is 4. The molecule has 67 heavy (non-hydrogen) atoms. The quantitative estimate of drug-likeness (QED) is 0.0263. The molecule has 0 aromatic heterocycles. The van der Waals surface area contributed by atoms with Gasteiger partial charge in [-0.15, -0.1) is 0 Å². The van der Waals surface area contributed by atoms with Gasteiger partial charge in [0.1, 0.15) is 31.0 Å². The van der Waals surface area contributed by atoms with Crippen LogP contribution in [-0.4, -0.2) is 89.0 Å². The molecule has 0 amide bonds. The lowest BCUT2D eigenvalue weighted by Crippen LogP contribution is -2.59. The van der Waals surface area contributed by atoms with Gasteiger partial charge >= 0.3 is 11.9 Å². The molecule has 0 spiro atoms. The minimum absolute atomic E-state index is 0.216. The van der Waals surface area contributed by atoms with Crippen LogP contribution in [-0.2, 0) is 28.5 Å². The maximum absolute atomic E-state index is 12.9. The molecule has 0 aromatic carbocycles. The summed E-state index contributed by atoms with van der Waals surface area (Å²) in [5.41, 5.74) is 0. The third-order valence-corrected chi connectivity index (χ3v) is 13.3. The Balaban J connectivity index is 2.21. The van der Waals surface area contributed by atoms with Crippen LogP contribution in [0.1, 0.15) is 271 Å². The largest absolute Gasteiger partial charge is 0.462 e.